The summed E-state index contributed by atoms with van der Waals surface area (Å²) < 4.78 is 5.01. The number of nitro benzene ring substituents is 1. The van der Waals surface area contributed by atoms with Gasteiger partial charge >= 0.3 is 5.97 Å². The van der Waals surface area contributed by atoms with Crippen molar-refractivity contribution in [1.82, 2.24) is 0 Å². The number of nitrogens with one attached hydrogen (secondary N) is 1. The fourth-order valence-corrected chi connectivity index (χ4v) is 2.64. The summed E-state index contributed by atoms with van der Waals surface area (Å²) in [7, 11) is 0. The number of non-ortho nitro benzene ring substituents is 1. The number of amides is 1. The minimum absolute atomic E-state index is 0.00820. The van der Waals surface area contributed by atoms with Crippen molar-refractivity contribution in [2.75, 3.05) is 23.3 Å². The molecule has 1 heterocycles. The van der Waals surface area contributed by atoms with Crippen LogP contribution in [-0.4, -0.2) is 35.0 Å². The van der Waals surface area contributed by atoms with E-state index in [0.29, 0.717) is 10.7 Å². The highest BCUT2D eigenvalue weighted by Gasteiger charge is 2.27. The Morgan fingerprint density at radius 3 is 2.85 bits per heavy atom. The zero-order chi connectivity index (χ0) is 18.8. The molecule has 1 aliphatic heterocycles. The average Bonchev–Trinajstić information content (AvgIpc) is 2.57. The number of phenolic OH excluding ortho intramolecular Hbond substituents is 1. The van der Waals surface area contributed by atoms with Crippen LogP contribution in [0.25, 0.3) is 0 Å². The molecule has 0 aromatic heterocycles. The lowest BCUT2D eigenvalue weighted by atomic mass is 10.2. The molecular weight excluding hydrogens is 366 g/mol. The van der Waals surface area contributed by atoms with E-state index in [4.69, 9.17) is 16.3 Å². The molecule has 1 amide bonds. The molecule has 1 aliphatic rings. The van der Waals surface area contributed by atoms with Gasteiger partial charge < -0.3 is 20.1 Å². The molecule has 0 fully saturated rings. The van der Waals surface area contributed by atoms with Crippen molar-refractivity contribution in [3.8, 4) is 11.5 Å². The number of carbonyl (C=O) groups is 2. The van der Waals surface area contributed by atoms with Crippen LogP contribution >= 0.6 is 11.6 Å². The number of fused-ring (bicyclic) bond motifs is 1. The van der Waals surface area contributed by atoms with Crippen LogP contribution in [0.3, 0.4) is 0 Å². The first-order valence-corrected chi connectivity index (χ1v) is 7.74. The van der Waals surface area contributed by atoms with E-state index in [-0.39, 0.29) is 36.0 Å². The molecule has 26 heavy (non-hydrogen) atoms. The Morgan fingerprint density at radius 1 is 1.35 bits per heavy atom. The molecule has 134 valence electrons. The van der Waals surface area contributed by atoms with Crippen LogP contribution in [0.2, 0.25) is 5.02 Å². The number of aromatic hydroxyl groups is 1. The molecule has 2 aromatic rings. The minimum atomic E-state index is -0.642. The molecule has 0 radical (unpaired) electrons. The average molecular weight is 378 g/mol. The number of nitro groups is 1. The Balaban J connectivity index is 1.80. The van der Waals surface area contributed by atoms with Gasteiger partial charge in [-0.05, 0) is 24.3 Å². The summed E-state index contributed by atoms with van der Waals surface area (Å²) in [6, 6.07) is 7.98. The largest absolute Gasteiger partial charge is 0.506 e. The van der Waals surface area contributed by atoms with Gasteiger partial charge in [0.05, 0.1) is 28.9 Å². The predicted molar refractivity (Wildman–Crippen MR) is 92.7 cm³/mol. The number of esters is 1. The first kappa shape index (κ1) is 17.5. The van der Waals surface area contributed by atoms with Crippen LogP contribution in [0, 0.1) is 10.1 Å². The molecule has 3 rings (SSSR count). The van der Waals surface area contributed by atoms with E-state index in [1.54, 1.807) is 0 Å². The van der Waals surface area contributed by atoms with Gasteiger partial charge in [-0.25, -0.2) is 4.79 Å². The lowest BCUT2D eigenvalue weighted by molar-refractivity contribution is -0.384. The van der Waals surface area contributed by atoms with E-state index < -0.39 is 16.8 Å². The van der Waals surface area contributed by atoms with E-state index in [0.717, 1.165) is 6.07 Å². The van der Waals surface area contributed by atoms with Crippen molar-refractivity contribution in [3.63, 3.8) is 0 Å². The molecule has 2 aromatic carbocycles. The highest BCUT2D eigenvalue weighted by Crippen LogP contribution is 2.35. The third kappa shape index (κ3) is 3.67. The van der Waals surface area contributed by atoms with Crippen LogP contribution in [0.5, 0.6) is 11.5 Å². The molecule has 0 atom stereocenters. The molecule has 0 spiro atoms. The van der Waals surface area contributed by atoms with Gasteiger partial charge in [-0.1, -0.05) is 11.6 Å². The molecule has 2 N–H and O–H groups in total. The summed E-state index contributed by atoms with van der Waals surface area (Å²) in [4.78, 5) is 35.7. The predicted octanol–water partition coefficient (Wildman–Crippen LogP) is 2.32. The summed E-state index contributed by atoms with van der Waals surface area (Å²) in [5.41, 5.74) is 0.276. The standard InChI is InChI=1S/C16H12ClN3O6/c17-9-1-4-13(21)11(5-9)18-15(22)7-19-8-16(23)26-14-6-10(20(24)25)2-3-12(14)19/h1-6,21H,7-8H2,(H,18,22). The number of hydrogen-bond acceptors (Lipinski definition) is 7. The van der Waals surface area contributed by atoms with E-state index in [1.807, 2.05) is 0 Å². The SMILES string of the molecule is O=C(CN1CC(=O)Oc2cc([N+](=O)[O-])ccc21)Nc1cc(Cl)ccc1O. The highest BCUT2D eigenvalue weighted by molar-refractivity contribution is 6.31. The molecule has 0 bridgehead atoms. The lowest BCUT2D eigenvalue weighted by Gasteiger charge is -2.29. The Bertz CT molecular complexity index is 917. The van der Waals surface area contributed by atoms with Crippen LogP contribution in [-0.2, 0) is 9.59 Å². The highest BCUT2D eigenvalue weighted by atomic mass is 35.5. The Kier molecular flexibility index (Phi) is 4.63. The number of hydrogen-bond donors (Lipinski definition) is 2. The van der Waals surface area contributed by atoms with Crippen LogP contribution in [0.1, 0.15) is 0 Å². The molecule has 0 aliphatic carbocycles. The quantitative estimate of drug-likeness (QED) is 0.275. The monoisotopic (exact) mass is 377 g/mol. The third-order valence-corrected chi connectivity index (χ3v) is 3.84. The van der Waals surface area contributed by atoms with Gasteiger partial charge in [0, 0.05) is 11.1 Å². The number of rotatable bonds is 4. The van der Waals surface area contributed by atoms with Crippen molar-refractivity contribution in [2.45, 2.75) is 0 Å². The van der Waals surface area contributed by atoms with Gasteiger partial charge in [0.2, 0.25) is 5.91 Å². The molecule has 0 saturated heterocycles. The van der Waals surface area contributed by atoms with Crippen molar-refractivity contribution in [2.24, 2.45) is 0 Å². The fourth-order valence-electron chi connectivity index (χ4n) is 2.47. The van der Waals surface area contributed by atoms with E-state index in [1.165, 1.54) is 35.2 Å². The fraction of sp³-hybridized carbons (Fsp3) is 0.125. The van der Waals surface area contributed by atoms with E-state index in [2.05, 4.69) is 5.32 Å². The van der Waals surface area contributed by atoms with Gasteiger partial charge in [0.25, 0.3) is 5.69 Å². The zero-order valence-corrected chi connectivity index (χ0v) is 13.9. The van der Waals surface area contributed by atoms with Gasteiger partial charge in [-0.3, -0.25) is 14.9 Å². The maximum absolute atomic E-state index is 12.3. The smallest absolute Gasteiger partial charge is 0.331 e. The van der Waals surface area contributed by atoms with Crippen molar-refractivity contribution >= 4 is 40.5 Å². The maximum atomic E-state index is 12.3. The first-order valence-electron chi connectivity index (χ1n) is 7.36. The van der Waals surface area contributed by atoms with Crippen LogP contribution < -0.4 is 15.0 Å². The molecule has 0 saturated carbocycles. The van der Waals surface area contributed by atoms with Gasteiger partial charge in [0.15, 0.2) is 5.75 Å². The summed E-state index contributed by atoms with van der Waals surface area (Å²) in [6.07, 6.45) is 0. The number of anilines is 2. The molecular formula is C16H12ClN3O6. The zero-order valence-electron chi connectivity index (χ0n) is 13.1. The van der Waals surface area contributed by atoms with E-state index in [9.17, 15) is 24.8 Å². The second-order valence-electron chi connectivity index (χ2n) is 5.45. The summed E-state index contributed by atoms with van der Waals surface area (Å²) in [5.74, 6) is -1.30. The lowest BCUT2D eigenvalue weighted by Crippen LogP contribution is -2.41. The summed E-state index contributed by atoms with van der Waals surface area (Å²) in [5, 5.41) is 23.4. The normalized spacial score (nSPS) is 13.0. The number of nitrogens with zero attached hydrogens (tertiary/aromatic N) is 2. The topological polar surface area (TPSA) is 122 Å². The van der Waals surface area contributed by atoms with E-state index >= 15 is 0 Å². The first-order chi connectivity index (χ1) is 12.3. The Morgan fingerprint density at radius 2 is 2.12 bits per heavy atom. The van der Waals surface area contributed by atoms with Crippen LogP contribution in [0.15, 0.2) is 36.4 Å². The second kappa shape index (κ2) is 6.89. The molecule has 10 heteroatoms. The Labute approximate surface area is 151 Å². The number of carbonyl (C=O) groups excluding carboxylic acids is 2. The Hall–Kier alpha value is -3.33. The van der Waals surface area contributed by atoms with Gasteiger partial charge in [-0.15, -0.1) is 0 Å². The number of benzene rings is 2. The van der Waals surface area contributed by atoms with Gasteiger partial charge in [-0.2, -0.15) is 0 Å². The van der Waals surface area contributed by atoms with Crippen LogP contribution in [0.4, 0.5) is 17.1 Å². The number of phenols is 1. The number of ether oxygens (including phenoxy) is 1. The second-order valence-corrected chi connectivity index (χ2v) is 5.89. The van der Waals surface area contributed by atoms with Gasteiger partial charge in [0.1, 0.15) is 12.3 Å². The minimum Gasteiger partial charge on any atom is -0.506 e. The molecule has 9 nitrogen and oxygen atoms in total. The number of halogens is 1. The third-order valence-electron chi connectivity index (χ3n) is 3.61. The molecule has 0 unspecified atom stereocenters. The summed E-state index contributed by atoms with van der Waals surface area (Å²) in [6.45, 7) is -0.425. The van der Waals surface area contributed by atoms with Crippen molar-refractivity contribution in [1.29, 1.82) is 0 Å². The van der Waals surface area contributed by atoms with Crippen molar-refractivity contribution < 1.29 is 24.4 Å². The van der Waals surface area contributed by atoms with Crippen molar-refractivity contribution in [3.05, 3.63) is 51.5 Å². The maximum Gasteiger partial charge on any atom is 0.331 e. The summed E-state index contributed by atoms with van der Waals surface area (Å²) >= 11 is 5.83.